The first-order chi connectivity index (χ1) is 7.88. The molecule has 2 nitrogen and oxygen atoms in total. The van der Waals surface area contributed by atoms with Gasteiger partial charge in [-0.25, -0.2) is 0 Å². The van der Waals surface area contributed by atoms with E-state index in [1.165, 1.54) is 0 Å². The monoisotopic (exact) mass is 218 g/mol. The summed E-state index contributed by atoms with van der Waals surface area (Å²) in [6.07, 6.45) is 7.79. The average Bonchev–Trinajstić information content (AvgIpc) is 2.33. The maximum atomic E-state index is 5.62. The van der Waals surface area contributed by atoms with Crippen LogP contribution < -0.4 is 9.47 Å². The number of para-hydroxylation sites is 2. The Kier molecular flexibility index (Phi) is 5.95. The topological polar surface area (TPSA) is 18.5 Å². The molecule has 1 aromatic carbocycles. The van der Waals surface area contributed by atoms with Crippen molar-refractivity contribution in [3.8, 4) is 23.8 Å². The molecule has 86 valence electrons. The van der Waals surface area contributed by atoms with Gasteiger partial charge in [0.2, 0.25) is 0 Å². The predicted molar refractivity (Wildman–Crippen MR) is 65.8 cm³/mol. The first-order valence-electron chi connectivity index (χ1n) is 5.66. The van der Waals surface area contributed by atoms with Gasteiger partial charge >= 0.3 is 0 Å². The summed E-state index contributed by atoms with van der Waals surface area (Å²) in [4.78, 5) is 0. The van der Waals surface area contributed by atoms with Crippen molar-refractivity contribution in [1.29, 1.82) is 0 Å². The minimum atomic E-state index is 0.636. The van der Waals surface area contributed by atoms with Crippen LogP contribution in [-0.2, 0) is 0 Å². The van der Waals surface area contributed by atoms with Crippen molar-refractivity contribution in [1.82, 2.24) is 0 Å². The molecule has 0 aliphatic heterocycles. The first kappa shape index (κ1) is 12.4. The summed E-state index contributed by atoms with van der Waals surface area (Å²) in [5.74, 6) is 4.20. The molecular formula is C14H18O2. The Bertz CT molecular complexity index is 339. The molecule has 0 saturated carbocycles. The van der Waals surface area contributed by atoms with Crippen molar-refractivity contribution in [3.63, 3.8) is 0 Å². The summed E-state index contributed by atoms with van der Waals surface area (Å²) < 4.78 is 11.2. The van der Waals surface area contributed by atoms with E-state index >= 15 is 0 Å². The second-order valence-corrected chi connectivity index (χ2v) is 3.45. The molecule has 0 fully saturated rings. The second-order valence-electron chi connectivity index (χ2n) is 3.45. The molecule has 0 aromatic heterocycles. The summed E-state index contributed by atoms with van der Waals surface area (Å²) in [5, 5.41) is 0. The Balaban J connectivity index is 2.47. The van der Waals surface area contributed by atoms with Gasteiger partial charge in [0.1, 0.15) is 0 Å². The van der Waals surface area contributed by atoms with Crippen LogP contribution in [0.3, 0.4) is 0 Å². The predicted octanol–water partition coefficient (Wildman–Crippen LogP) is 3.27. The SMILES string of the molecule is C#CCCCOc1ccccc1OCCC. The quantitative estimate of drug-likeness (QED) is 0.516. The molecule has 0 bridgehead atoms. The highest BCUT2D eigenvalue weighted by molar-refractivity contribution is 5.39. The van der Waals surface area contributed by atoms with Gasteiger partial charge in [-0.2, -0.15) is 0 Å². The number of ether oxygens (including phenoxy) is 2. The highest BCUT2D eigenvalue weighted by Gasteiger charge is 2.02. The van der Waals surface area contributed by atoms with Crippen molar-refractivity contribution in [2.45, 2.75) is 26.2 Å². The number of hydrogen-bond donors (Lipinski definition) is 0. The zero-order chi connectivity index (χ0) is 11.6. The largest absolute Gasteiger partial charge is 0.490 e. The van der Waals surface area contributed by atoms with E-state index in [1.807, 2.05) is 24.3 Å². The molecule has 0 aliphatic carbocycles. The van der Waals surface area contributed by atoms with E-state index in [-0.39, 0.29) is 0 Å². The lowest BCUT2D eigenvalue weighted by Gasteiger charge is -2.11. The highest BCUT2D eigenvalue weighted by Crippen LogP contribution is 2.26. The summed E-state index contributed by atoms with van der Waals surface area (Å²) in [5.41, 5.74) is 0. The van der Waals surface area contributed by atoms with Gasteiger partial charge in [-0.15, -0.1) is 12.3 Å². The number of terminal acetylenes is 1. The highest BCUT2D eigenvalue weighted by atomic mass is 16.5. The fraction of sp³-hybridized carbons (Fsp3) is 0.429. The lowest BCUT2D eigenvalue weighted by atomic mass is 10.3. The molecule has 1 aromatic rings. The molecule has 1 rings (SSSR count). The first-order valence-corrected chi connectivity index (χ1v) is 5.66. The molecule has 0 N–H and O–H groups in total. The van der Waals surface area contributed by atoms with Gasteiger partial charge in [-0.3, -0.25) is 0 Å². The molecule has 0 heterocycles. The van der Waals surface area contributed by atoms with Crippen LogP contribution in [0.2, 0.25) is 0 Å². The van der Waals surface area contributed by atoms with Gasteiger partial charge in [-0.05, 0) is 25.0 Å². The minimum Gasteiger partial charge on any atom is -0.490 e. The summed E-state index contributed by atoms with van der Waals surface area (Å²) in [6, 6.07) is 7.72. The third-order valence-corrected chi connectivity index (χ3v) is 2.03. The van der Waals surface area contributed by atoms with Crippen LogP contribution in [0.1, 0.15) is 26.2 Å². The molecule has 0 saturated heterocycles. The van der Waals surface area contributed by atoms with Gasteiger partial charge in [0.05, 0.1) is 13.2 Å². The standard InChI is InChI=1S/C14H18O2/c1-3-5-8-12-16-14-10-7-6-9-13(14)15-11-4-2/h1,6-7,9-10H,4-5,8,11-12H2,2H3. The molecule has 2 heteroatoms. The van der Waals surface area contributed by atoms with Gasteiger partial charge in [0, 0.05) is 6.42 Å². The van der Waals surface area contributed by atoms with Gasteiger partial charge < -0.3 is 9.47 Å². The molecule has 0 spiro atoms. The lowest BCUT2D eigenvalue weighted by Crippen LogP contribution is -2.01. The van der Waals surface area contributed by atoms with Gasteiger partial charge in [0.15, 0.2) is 11.5 Å². The Morgan fingerprint density at radius 1 is 1.12 bits per heavy atom. The zero-order valence-corrected chi connectivity index (χ0v) is 9.74. The van der Waals surface area contributed by atoms with Crippen LogP contribution in [0, 0.1) is 12.3 Å². The van der Waals surface area contributed by atoms with Gasteiger partial charge in [0.25, 0.3) is 0 Å². The molecule has 16 heavy (non-hydrogen) atoms. The normalized spacial score (nSPS) is 9.50. The lowest BCUT2D eigenvalue weighted by molar-refractivity contribution is 0.266. The average molecular weight is 218 g/mol. The Labute approximate surface area is 97.6 Å². The van der Waals surface area contributed by atoms with Crippen molar-refractivity contribution >= 4 is 0 Å². The van der Waals surface area contributed by atoms with E-state index < -0.39 is 0 Å². The van der Waals surface area contributed by atoms with Crippen LogP contribution in [-0.4, -0.2) is 13.2 Å². The third-order valence-electron chi connectivity index (χ3n) is 2.03. The van der Waals surface area contributed by atoms with E-state index in [0.717, 1.165) is 30.8 Å². The number of unbranched alkanes of at least 4 members (excludes halogenated alkanes) is 1. The van der Waals surface area contributed by atoms with Crippen molar-refractivity contribution in [2.75, 3.05) is 13.2 Å². The summed E-state index contributed by atoms with van der Waals surface area (Å²) in [7, 11) is 0. The van der Waals surface area contributed by atoms with Crippen LogP contribution >= 0.6 is 0 Å². The van der Waals surface area contributed by atoms with E-state index in [0.29, 0.717) is 13.2 Å². The fourth-order valence-electron chi connectivity index (χ4n) is 1.26. The van der Waals surface area contributed by atoms with E-state index in [2.05, 4.69) is 12.8 Å². The van der Waals surface area contributed by atoms with Gasteiger partial charge in [-0.1, -0.05) is 19.1 Å². The molecule has 0 atom stereocenters. The Hall–Kier alpha value is -1.62. The number of rotatable bonds is 7. The zero-order valence-electron chi connectivity index (χ0n) is 9.74. The maximum Gasteiger partial charge on any atom is 0.161 e. The van der Waals surface area contributed by atoms with Crippen molar-refractivity contribution in [2.24, 2.45) is 0 Å². The van der Waals surface area contributed by atoms with E-state index in [1.54, 1.807) is 0 Å². The fourth-order valence-corrected chi connectivity index (χ4v) is 1.26. The van der Waals surface area contributed by atoms with Crippen LogP contribution in [0.15, 0.2) is 24.3 Å². The van der Waals surface area contributed by atoms with Crippen LogP contribution in [0.25, 0.3) is 0 Å². The molecule has 0 aliphatic rings. The van der Waals surface area contributed by atoms with Crippen molar-refractivity contribution < 1.29 is 9.47 Å². The second kappa shape index (κ2) is 7.64. The van der Waals surface area contributed by atoms with E-state index in [4.69, 9.17) is 15.9 Å². The van der Waals surface area contributed by atoms with Crippen LogP contribution in [0.5, 0.6) is 11.5 Å². The number of benzene rings is 1. The number of hydrogen-bond acceptors (Lipinski definition) is 2. The summed E-state index contributed by atoms with van der Waals surface area (Å²) >= 11 is 0. The molecular weight excluding hydrogens is 200 g/mol. The Morgan fingerprint density at radius 3 is 2.31 bits per heavy atom. The molecule has 0 amide bonds. The summed E-state index contributed by atoms with van der Waals surface area (Å²) in [6.45, 7) is 3.43. The minimum absolute atomic E-state index is 0.636. The smallest absolute Gasteiger partial charge is 0.161 e. The Morgan fingerprint density at radius 2 is 1.75 bits per heavy atom. The van der Waals surface area contributed by atoms with E-state index in [9.17, 15) is 0 Å². The van der Waals surface area contributed by atoms with Crippen LogP contribution in [0.4, 0.5) is 0 Å². The molecule has 0 unspecified atom stereocenters. The van der Waals surface area contributed by atoms with Crippen molar-refractivity contribution in [3.05, 3.63) is 24.3 Å². The third kappa shape index (κ3) is 4.27. The maximum absolute atomic E-state index is 5.62. The molecule has 0 radical (unpaired) electrons.